The van der Waals surface area contributed by atoms with Crippen molar-refractivity contribution in [1.82, 2.24) is 9.29 Å². The molecule has 1 N–H and O–H groups in total. The zero-order valence-corrected chi connectivity index (χ0v) is 12.6. The van der Waals surface area contributed by atoms with Crippen LogP contribution in [0.4, 0.5) is 4.39 Å². The van der Waals surface area contributed by atoms with E-state index < -0.39 is 32.3 Å². The van der Waals surface area contributed by atoms with Gasteiger partial charge in [0.1, 0.15) is 0 Å². The minimum atomic E-state index is -4.12. The van der Waals surface area contributed by atoms with Gasteiger partial charge in [0.25, 0.3) is 10.0 Å². The molecule has 21 heavy (non-hydrogen) atoms. The summed E-state index contributed by atoms with van der Waals surface area (Å²) in [6, 6.07) is 2.32. The van der Waals surface area contributed by atoms with Gasteiger partial charge in [0.05, 0.1) is 5.41 Å². The lowest BCUT2D eigenvalue weighted by molar-refractivity contribution is -0.150. The topological polar surface area (TPSA) is 87.6 Å². The number of aliphatic carboxylic acids is 1. The predicted octanol–water partition coefficient (Wildman–Crippen LogP) is 1.34. The van der Waals surface area contributed by atoms with Crippen molar-refractivity contribution in [2.45, 2.75) is 25.3 Å². The maximum Gasteiger partial charge on any atom is 0.311 e. The lowest BCUT2D eigenvalue weighted by Gasteiger charge is -2.28. The molecule has 0 bridgehead atoms. The van der Waals surface area contributed by atoms with Crippen molar-refractivity contribution < 1.29 is 22.7 Å². The second kappa shape index (κ2) is 5.34. The van der Waals surface area contributed by atoms with Crippen LogP contribution in [0, 0.1) is 17.2 Å². The van der Waals surface area contributed by atoms with E-state index in [1.54, 1.807) is 13.8 Å². The minimum absolute atomic E-state index is 0.0445. The lowest BCUT2D eigenvalue weighted by atomic mass is 9.77. The lowest BCUT2D eigenvalue weighted by Crippen LogP contribution is -2.40. The first-order chi connectivity index (χ1) is 9.71. The quantitative estimate of drug-likeness (QED) is 0.905. The normalized spacial score (nSPS) is 23.6. The highest BCUT2D eigenvalue weighted by atomic mass is 32.2. The van der Waals surface area contributed by atoms with E-state index in [1.807, 2.05) is 0 Å². The summed E-state index contributed by atoms with van der Waals surface area (Å²) in [5.41, 5.74) is -1.14. The van der Waals surface area contributed by atoms with Crippen molar-refractivity contribution in [3.8, 4) is 0 Å². The molecule has 1 aliphatic heterocycles. The van der Waals surface area contributed by atoms with Crippen LogP contribution in [0.2, 0.25) is 0 Å². The second-order valence-electron chi connectivity index (χ2n) is 5.49. The molecular weight excluding hydrogens is 299 g/mol. The third-order valence-electron chi connectivity index (χ3n) is 4.11. The molecule has 1 fully saturated rings. The van der Waals surface area contributed by atoms with Crippen molar-refractivity contribution >= 4 is 16.0 Å². The molecule has 1 aromatic rings. The number of sulfonamides is 1. The van der Waals surface area contributed by atoms with E-state index in [4.69, 9.17) is 0 Å². The number of carboxylic acid groups (broad SMARTS) is 1. The molecule has 6 nitrogen and oxygen atoms in total. The van der Waals surface area contributed by atoms with Gasteiger partial charge in [0, 0.05) is 19.3 Å². The van der Waals surface area contributed by atoms with E-state index in [0.717, 1.165) is 10.4 Å². The van der Waals surface area contributed by atoms with Crippen LogP contribution in [-0.4, -0.2) is 41.9 Å². The van der Waals surface area contributed by atoms with E-state index in [1.165, 1.54) is 12.3 Å². The third-order valence-corrected chi connectivity index (χ3v) is 5.89. The molecule has 2 rings (SSSR count). The first kappa shape index (κ1) is 15.8. The van der Waals surface area contributed by atoms with Crippen LogP contribution in [0.1, 0.15) is 20.3 Å². The molecule has 2 heterocycles. The Morgan fingerprint density at radius 1 is 1.52 bits per heavy atom. The molecule has 8 heteroatoms. The Kier molecular flexibility index (Phi) is 4.03. The number of carbonyl (C=O) groups is 1. The fraction of sp³-hybridized carbons (Fsp3) is 0.538. The van der Waals surface area contributed by atoms with Crippen LogP contribution in [0.3, 0.4) is 0 Å². The van der Waals surface area contributed by atoms with E-state index in [9.17, 15) is 22.7 Å². The zero-order valence-electron chi connectivity index (χ0n) is 11.8. The van der Waals surface area contributed by atoms with Gasteiger partial charge in [-0.2, -0.15) is 4.31 Å². The Hall–Kier alpha value is -1.54. The van der Waals surface area contributed by atoms with E-state index in [-0.39, 0.29) is 25.4 Å². The zero-order chi connectivity index (χ0) is 15.8. The number of rotatable bonds is 4. The maximum atomic E-state index is 13.7. The van der Waals surface area contributed by atoms with Crippen molar-refractivity contribution in [3.05, 3.63) is 24.1 Å². The molecule has 0 spiro atoms. The van der Waals surface area contributed by atoms with Crippen LogP contribution in [0.25, 0.3) is 0 Å². The molecule has 1 atom stereocenters. The first-order valence-electron chi connectivity index (χ1n) is 6.56. The van der Waals surface area contributed by atoms with Crippen molar-refractivity contribution in [1.29, 1.82) is 0 Å². The van der Waals surface area contributed by atoms with E-state index in [2.05, 4.69) is 4.98 Å². The Morgan fingerprint density at radius 2 is 2.19 bits per heavy atom. The van der Waals surface area contributed by atoms with Crippen LogP contribution in [-0.2, 0) is 14.8 Å². The molecule has 1 aromatic heterocycles. The van der Waals surface area contributed by atoms with Gasteiger partial charge in [0.2, 0.25) is 5.03 Å². The summed E-state index contributed by atoms with van der Waals surface area (Å²) in [6.45, 7) is 3.36. The molecular formula is C13H17FN2O4S. The predicted molar refractivity (Wildman–Crippen MR) is 72.5 cm³/mol. The molecule has 0 aliphatic carbocycles. The van der Waals surface area contributed by atoms with E-state index >= 15 is 0 Å². The van der Waals surface area contributed by atoms with E-state index in [0.29, 0.717) is 0 Å². The number of pyridine rings is 1. The Morgan fingerprint density at radius 3 is 2.67 bits per heavy atom. The Bertz CT molecular complexity index is 662. The summed E-state index contributed by atoms with van der Waals surface area (Å²) in [7, 11) is -4.12. The van der Waals surface area contributed by atoms with Gasteiger partial charge >= 0.3 is 5.97 Å². The number of halogens is 1. The van der Waals surface area contributed by atoms with Crippen LogP contribution >= 0.6 is 0 Å². The second-order valence-corrected chi connectivity index (χ2v) is 7.35. The van der Waals surface area contributed by atoms with Gasteiger partial charge in [-0.15, -0.1) is 0 Å². The first-order valence-corrected chi connectivity index (χ1v) is 8.00. The van der Waals surface area contributed by atoms with Gasteiger partial charge < -0.3 is 5.11 Å². The minimum Gasteiger partial charge on any atom is -0.481 e. The summed E-state index contributed by atoms with van der Waals surface area (Å²) in [4.78, 5) is 15.1. The van der Waals surface area contributed by atoms with Crippen molar-refractivity contribution in [2.24, 2.45) is 11.3 Å². The van der Waals surface area contributed by atoms with Gasteiger partial charge in [-0.05, 0) is 24.5 Å². The van der Waals surface area contributed by atoms with Gasteiger partial charge in [-0.1, -0.05) is 13.8 Å². The molecule has 0 saturated carbocycles. The van der Waals surface area contributed by atoms with Crippen LogP contribution in [0.15, 0.2) is 23.4 Å². The monoisotopic (exact) mass is 316 g/mol. The summed E-state index contributed by atoms with van der Waals surface area (Å²) in [5.74, 6) is -2.20. The third kappa shape index (κ3) is 2.53. The molecule has 1 unspecified atom stereocenters. The highest BCUT2D eigenvalue weighted by Crippen LogP contribution is 2.40. The number of hydrogen-bond acceptors (Lipinski definition) is 4. The molecule has 1 aliphatic rings. The molecule has 116 valence electrons. The average Bonchev–Trinajstić information content (AvgIpc) is 2.86. The van der Waals surface area contributed by atoms with Crippen molar-refractivity contribution in [3.63, 3.8) is 0 Å². The van der Waals surface area contributed by atoms with Crippen LogP contribution < -0.4 is 0 Å². The summed E-state index contributed by atoms with van der Waals surface area (Å²) >= 11 is 0. The number of hydrogen-bond donors (Lipinski definition) is 1. The molecule has 0 amide bonds. The highest BCUT2D eigenvalue weighted by molar-refractivity contribution is 7.89. The number of carboxylic acids is 1. The maximum absolute atomic E-state index is 13.7. The van der Waals surface area contributed by atoms with Crippen molar-refractivity contribution in [2.75, 3.05) is 13.1 Å². The molecule has 1 saturated heterocycles. The highest BCUT2D eigenvalue weighted by Gasteiger charge is 2.50. The van der Waals surface area contributed by atoms with Gasteiger partial charge in [-0.25, -0.2) is 17.8 Å². The fourth-order valence-electron chi connectivity index (χ4n) is 2.58. The summed E-state index contributed by atoms with van der Waals surface area (Å²) < 4.78 is 39.5. The van der Waals surface area contributed by atoms with Gasteiger partial charge in [-0.3, -0.25) is 4.79 Å². The fourth-order valence-corrected chi connectivity index (χ4v) is 4.06. The Balaban J connectivity index is 2.37. The smallest absolute Gasteiger partial charge is 0.311 e. The summed E-state index contributed by atoms with van der Waals surface area (Å²) in [6.07, 6.45) is 1.40. The molecule has 0 radical (unpaired) electrons. The standard InChI is InChI=1S/C13H17FN2O4S/c1-9(2)13(12(17)18)5-7-16(8-13)21(19,20)11-10(14)4-3-6-15-11/h3-4,6,9H,5,7-8H2,1-2H3,(H,17,18). The molecule has 0 aromatic carbocycles. The Labute approximate surface area is 122 Å². The number of nitrogens with zero attached hydrogens (tertiary/aromatic N) is 2. The average molecular weight is 316 g/mol. The summed E-state index contributed by atoms with van der Waals surface area (Å²) in [5, 5.41) is 8.77. The van der Waals surface area contributed by atoms with Crippen LogP contribution in [0.5, 0.6) is 0 Å². The SMILES string of the molecule is CC(C)C1(C(=O)O)CCN(S(=O)(=O)c2ncccc2F)C1. The number of aromatic nitrogens is 1. The van der Waals surface area contributed by atoms with Gasteiger partial charge in [0.15, 0.2) is 5.82 Å². The largest absolute Gasteiger partial charge is 0.481 e.